The Hall–Kier alpha value is -0.760. The van der Waals surface area contributed by atoms with Crippen LogP contribution in [0, 0.1) is 0 Å². The number of esters is 1. The third kappa shape index (κ3) is 5.98. The average molecular weight is 189 g/mol. The molecule has 0 aromatic carbocycles. The number of allylic oxidation sites excluding steroid dienone is 3. The molecule has 0 aliphatic rings. The second-order valence-corrected chi connectivity index (χ2v) is 2.85. The van der Waals surface area contributed by atoms with Gasteiger partial charge in [0.2, 0.25) is 0 Å². The Morgan fingerprint density at radius 1 is 1.58 bits per heavy atom. The minimum atomic E-state index is -0.569. The molecule has 0 heterocycles. The molecule has 0 N–H and O–H groups in total. The number of hydrogen-bond donors (Lipinski definition) is 0. The number of carbonyl (C=O) groups is 1. The van der Waals surface area contributed by atoms with Crippen LogP contribution in [0.2, 0.25) is 0 Å². The highest BCUT2D eigenvalue weighted by Crippen LogP contribution is 1.96. The van der Waals surface area contributed by atoms with E-state index in [0.29, 0.717) is 0 Å². The Morgan fingerprint density at radius 2 is 2.25 bits per heavy atom. The number of ether oxygens (including phenoxy) is 1. The highest BCUT2D eigenvalue weighted by Gasteiger charge is 2.08. The van der Waals surface area contributed by atoms with E-state index in [1.807, 2.05) is 25.2 Å². The zero-order valence-corrected chi connectivity index (χ0v) is 8.04. The Labute approximate surface area is 77.9 Å². The highest BCUT2D eigenvalue weighted by molar-refractivity contribution is 6.29. The van der Waals surface area contributed by atoms with Gasteiger partial charge in [0.15, 0.2) is 0 Å². The van der Waals surface area contributed by atoms with Crippen LogP contribution >= 0.6 is 11.6 Å². The fraction of sp³-hybridized carbons (Fsp3) is 0.444. The van der Waals surface area contributed by atoms with Gasteiger partial charge < -0.3 is 4.74 Å². The largest absolute Gasteiger partial charge is 0.460 e. The molecule has 0 rings (SSSR count). The summed E-state index contributed by atoms with van der Waals surface area (Å²) in [6.45, 7) is 3.77. The van der Waals surface area contributed by atoms with E-state index in [2.05, 4.69) is 0 Å². The Kier molecular flexibility index (Phi) is 6.48. The van der Waals surface area contributed by atoms with Crippen molar-refractivity contribution in [3.63, 3.8) is 0 Å². The first-order valence-corrected chi connectivity index (χ1v) is 4.20. The predicted octanol–water partition coefficient (Wildman–Crippen LogP) is 2.29. The minimum absolute atomic E-state index is 0.278. The fourth-order valence-electron chi connectivity index (χ4n) is 0.490. The van der Waals surface area contributed by atoms with Crippen molar-refractivity contribution in [3.05, 3.63) is 24.3 Å². The van der Waals surface area contributed by atoms with E-state index in [-0.39, 0.29) is 12.6 Å². The van der Waals surface area contributed by atoms with Gasteiger partial charge in [0.1, 0.15) is 12.0 Å². The Bertz CT molecular complexity index is 183. The molecule has 2 nitrogen and oxygen atoms in total. The molecular formula is C9H13ClO2. The summed E-state index contributed by atoms with van der Waals surface area (Å²) >= 11 is 5.46. The molecule has 0 amide bonds. The quantitative estimate of drug-likeness (QED) is 0.385. The number of alkyl halides is 1. The summed E-state index contributed by atoms with van der Waals surface area (Å²) in [4.78, 5) is 10.8. The lowest BCUT2D eigenvalue weighted by Gasteiger charge is -2.01. The van der Waals surface area contributed by atoms with Gasteiger partial charge in [-0.25, -0.2) is 0 Å². The Morgan fingerprint density at radius 3 is 2.75 bits per heavy atom. The molecule has 0 spiro atoms. The zero-order valence-electron chi connectivity index (χ0n) is 7.29. The Balaban J connectivity index is 3.50. The third-order valence-corrected chi connectivity index (χ3v) is 1.26. The molecule has 0 bridgehead atoms. The second kappa shape index (κ2) is 6.92. The van der Waals surface area contributed by atoms with Crippen molar-refractivity contribution >= 4 is 17.6 Å². The van der Waals surface area contributed by atoms with Crippen LogP contribution in [0.25, 0.3) is 0 Å². The number of hydrogen-bond acceptors (Lipinski definition) is 2. The van der Waals surface area contributed by atoms with Crippen molar-refractivity contribution in [2.24, 2.45) is 0 Å². The van der Waals surface area contributed by atoms with Gasteiger partial charge in [0.05, 0.1) is 0 Å². The van der Waals surface area contributed by atoms with Crippen molar-refractivity contribution in [1.29, 1.82) is 0 Å². The van der Waals surface area contributed by atoms with Gasteiger partial charge in [-0.1, -0.05) is 18.2 Å². The molecule has 0 radical (unpaired) electrons. The molecule has 1 atom stereocenters. The number of halogens is 1. The van der Waals surface area contributed by atoms with Crippen molar-refractivity contribution in [2.45, 2.75) is 19.2 Å². The summed E-state index contributed by atoms with van der Waals surface area (Å²) in [6.07, 6.45) is 7.31. The van der Waals surface area contributed by atoms with Gasteiger partial charge in [0.25, 0.3) is 0 Å². The molecule has 12 heavy (non-hydrogen) atoms. The predicted molar refractivity (Wildman–Crippen MR) is 50.2 cm³/mol. The normalized spacial score (nSPS) is 13.9. The first-order chi connectivity index (χ1) is 5.68. The van der Waals surface area contributed by atoms with Crippen LogP contribution in [-0.4, -0.2) is 18.0 Å². The fourth-order valence-corrected chi connectivity index (χ4v) is 0.553. The van der Waals surface area contributed by atoms with Gasteiger partial charge in [-0.15, -0.1) is 11.6 Å². The third-order valence-electron chi connectivity index (χ3n) is 1.09. The van der Waals surface area contributed by atoms with Crippen LogP contribution in [0.15, 0.2) is 24.3 Å². The maximum absolute atomic E-state index is 10.8. The summed E-state index contributed by atoms with van der Waals surface area (Å²) in [5, 5.41) is -0.569. The molecule has 1 unspecified atom stereocenters. The van der Waals surface area contributed by atoms with Gasteiger partial charge in [-0.2, -0.15) is 0 Å². The smallest absolute Gasteiger partial charge is 0.324 e. The average Bonchev–Trinajstić information content (AvgIpc) is 2.03. The molecule has 68 valence electrons. The maximum Gasteiger partial charge on any atom is 0.324 e. The molecule has 0 saturated carbocycles. The van der Waals surface area contributed by atoms with Gasteiger partial charge in [-0.05, 0) is 19.9 Å². The van der Waals surface area contributed by atoms with Gasteiger partial charge in [0, 0.05) is 0 Å². The molecule has 0 fully saturated rings. The molecule has 0 aromatic rings. The minimum Gasteiger partial charge on any atom is -0.460 e. The second-order valence-electron chi connectivity index (χ2n) is 2.20. The molecule has 0 aromatic heterocycles. The molecule has 0 saturated heterocycles. The van der Waals surface area contributed by atoms with Crippen LogP contribution in [0.1, 0.15) is 13.8 Å². The van der Waals surface area contributed by atoms with Gasteiger partial charge >= 0.3 is 5.97 Å². The van der Waals surface area contributed by atoms with E-state index < -0.39 is 5.38 Å². The first-order valence-electron chi connectivity index (χ1n) is 3.77. The highest BCUT2D eigenvalue weighted by atomic mass is 35.5. The van der Waals surface area contributed by atoms with Crippen LogP contribution in [0.3, 0.4) is 0 Å². The topological polar surface area (TPSA) is 26.3 Å². The van der Waals surface area contributed by atoms with Crippen LogP contribution in [-0.2, 0) is 9.53 Å². The summed E-state index contributed by atoms with van der Waals surface area (Å²) in [6, 6.07) is 0. The molecule has 0 aliphatic carbocycles. The SMILES string of the molecule is CC=CC=CCOC(=O)C(C)Cl. The maximum atomic E-state index is 10.8. The summed E-state index contributed by atoms with van der Waals surface area (Å²) in [5.41, 5.74) is 0. The lowest BCUT2D eigenvalue weighted by atomic mass is 10.4. The van der Waals surface area contributed by atoms with E-state index >= 15 is 0 Å². The summed E-state index contributed by atoms with van der Waals surface area (Å²) in [5.74, 6) is -0.387. The zero-order chi connectivity index (χ0) is 9.40. The van der Waals surface area contributed by atoms with Crippen molar-refractivity contribution in [2.75, 3.05) is 6.61 Å². The monoisotopic (exact) mass is 188 g/mol. The van der Waals surface area contributed by atoms with E-state index in [1.54, 1.807) is 13.0 Å². The van der Waals surface area contributed by atoms with Crippen molar-refractivity contribution < 1.29 is 9.53 Å². The molecule has 3 heteroatoms. The lowest BCUT2D eigenvalue weighted by Crippen LogP contribution is -2.14. The standard InChI is InChI=1S/C9H13ClO2/c1-3-4-5-6-7-12-9(11)8(2)10/h3-6,8H,7H2,1-2H3. The molecular weight excluding hydrogens is 176 g/mol. The van der Waals surface area contributed by atoms with Gasteiger partial charge in [-0.3, -0.25) is 4.79 Å². The van der Waals surface area contributed by atoms with E-state index in [0.717, 1.165) is 0 Å². The molecule has 0 aliphatic heterocycles. The first kappa shape index (κ1) is 11.2. The van der Waals surface area contributed by atoms with Crippen LogP contribution in [0.5, 0.6) is 0 Å². The summed E-state index contributed by atoms with van der Waals surface area (Å²) < 4.78 is 4.76. The van der Waals surface area contributed by atoms with E-state index in [1.165, 1.54) is 0 Å². The summed E-state index contributed by atoms with van der Waals surface area (Å²) in [7, 11) is 0. The van der Waals surface area contributed by atoms with E-state index in [4.69, 9.17) is 16.3 Å². The van der Waals surface area contributed by atoms with Crippen LogP contribution in [0.4, 0.5) is 0 Å². The lowest BCUT2D eigenvalue weighted by molar-refractivity contribution is -0.141. The number of carbonyl (C=O) groups excluding carboxylic acids is 1. The number of rotatable bonds is 4. The van der Waals surface area contributed by atoms with Crippen molar-refractivity contribution in [3.8, 4) is 0 Å². The van der Waals surface area contributed by atoms with Crippen LogP contribution < -0.4 is 0 Å². The van der Waals surface area contributed by atoms with Crippen molar-refractivity contribution in [1.82, 2.24) is 0 Å². The van der Waals surface area contributed by atoms with E-state index in [9.17, 15) is 4.79 Å².